The van der Waals surface area contributed by atoms with Gasteiger partial charge in [-0.15, -0.1) is 0 Å². The zero-order valence-electron chi connectivity index (χ0n) is 16.0. The zero-order chi connectivity index (χ0) is 21.3. The van der Waals surface area contributed by atoms with E-state index < -0.39 is 5.97 Å². The van der Waals surface area contributed by atoms with Gasteiger partial charge in [-0.1, -0.05) is 15.9 Å². The monoisotopic (exact) mass is 467 g/mol. The standard InChI is InChI=1S/C22H18BrN3O4/c1-2-29-20-13-15(14-25-26-21(27)16-9-11-24-12-10-16)3-8-19(20)30-22(28)17-4-6-18(23)7-5-17/h3-14H,2H2,1H3,(H,26,27)/b25-14-. The number of aromatic nitrogens is 1. The molecule has 1 aromatic heterocycles. The molecule has 0 saturated carbocycles. The van der Waals surface area contributed by atoms with Crippen molar-refractivity contribution >= 4 is 34.0 Å². The van der Waals surface area contributed by atoms with Crippen LogP contribution >= 0.6 is 15.9 Å². The molecule has 1 amide bonds. The Labute approximate surface area is 181 Å². The third kappa shape index (κ3) is 5.74. The summed E-state index contributed by atoms with van der Waals surface area (Å²) in [5, 5.41) is 3.95. The van der Waals surface area contributed by atoms with E-state index in [2.05, 4.69) is 31.4 Å². The summed E-state index contributed by atoms with van der Waals surface area (Å²) in [5.74, 6) is -0.150. The van der Waals surface area contributed by atoms with Gasteiger partial charge in [-0.2, -0.15) is 5.10 Å². The van der Waals surface area contributed by atoms with E-state index in [1.54, 1.807) is 54.6 Å². The molecule has 2 aromatic carbocycles. The number of hydrogen-bond acceptors (Lipinski definition) is 6. The van der Waals surface area contributed by atoms with Crippen LogP contribution in [0.25, 0.3) is 0 Å². The number of hydrazone groups is 1. The van der Waals surface area contributed by atoms with Crippen molar-refractivity contribution in [2.75, 3.05) is 6.61 Å². The highest BCUT2D eigenvalue weighted by molar-refractivity contribution is 9.10. The predicted molar refractivity (Wildman–Crippen MR) is 116 cm³/mol. The van der Waals surface area contributed by atoms with E-state index in [-0.39, 0.29) is 5.91 Å². The number of nitrogens with zero attached hydrogens (tertiary/aromatic N) is 2. The number of esters is 1. The van der Waals surface area contributed by atoms with E-state index >= 15 is 0 Å². The maximum atomic E-state index is 12.4. The molecule has 0 bridgehead atoms. The van der Waals surface area contributed by atoms with Crippen molar-refractivity contribution in [2.24, 2.45) is 5.10 Å². The first-order valence-electron chi connectivity index (χ1n) is 9.05. The first-order valence-corrected chi connectivity index (χ1v) is 9.84. The molecular weight excluding hydrogens is 450 g/mol. The van der Waals surface area contributed by atoms with Gasteiger partial charge in [0.05, 0.1) is 18.4 Å². The van der Waals surface area contributed by atoms with Gasteiger partial charge >= 0.3 is 5.97 Å². The second-order valence-electron chi connectivity index (χ2n) is 5.97. The third-order valence-electron chi connectivity index (χ3n) is 3.87. The number of halogens is 1. The molecule has 8 heteroatoms. The summed E-state index contributed by atoms with van der Waals surface area (Å²) in [5.41, 5.74) is 3.98. The van der Waals surface area contributed by atoms with Gasteiger partial charge in [0.1, 0.15) is 0 Å². The number of amides is 1. The van der Waals surface area contributed by atoms with E-state index in [9.17, 15) is 9.59 Å². The van der Waals surface area contributed by atoms with E-state index in [0.29, 0.717) is 34.8 Å². The first-order chi connectivity index (χ1) is 14.6. The van der Waals surface area contributed by atoms with Gasteiger partial charge in [-0.3, -0.25) is 9.78 Å². The second kappa shape index (κ2) is 10.3. The SMILES string of the molecule is CCOc1cc(/C=N\NC(=O)c2ccncc2)ccc1OC(=O)c1ccc(Br)cc1. The maximum Gasteiger partial charge on any atom is 0.343 e. The Morgan fingerprint density at radius 2 is 1.77 bits per heavy atom. The lowest BCUT2D eigenvalue weighted by molar-refractivity contribution is 0.0728. The number of rotatable bonds is 7. The van der Waals surface area contributed by atoms with E-state index in [1.807, 2.05) is 6.92 Å². The van der Waals surface area contributed by atoms with E-state index in [1.165, 1.54) is 18.6 Å². The van der Waals surface area contributed by atoms with Crippen LogP contribution in [0.2, 0.25) is 0 Å². The smallest absolute Gasteiger partial charge is 0.343 e. The van der Waals surface area contributed by atoms with Crippen LogP contribution in [0.5, 0.6) is 11.5 Å². The zero-order valence-corrected chi connectivity index (χ0v) is 17.6. The van der Waals surface area contributed by atoms with Crippen molar-refractivity contribution in [3.05, 3.63) is 88.2 Å². The fourth-order valence-corrected chi connectivity index (χ4v) is 2.70. The van der Waals surface area contributed by atoms with Gasteiger partial charge in [0.2, 0.25) is 0 Å². The van der Waals surface area contributed by atoms with Crippen LogP contribution in [0.15, 0.2) is 76.6 Å². The quantitative estimate of drug-likeness (QED) is 0.243. The summed E-state index contributed by atoms with van der Waals surface area (Å²) in [6, 6.07) is 15.0. The van der Waals surface area contributed by atoms with Crippen LogP contribution in [0, 0.1) is 0 Å². The molecule has 152 valence electrons. The van der Waals surface area contributed by atoms with Gasteiger partial charge in [-0.25, -0.2) is 10.2 Å². The number of pyridine rings is 1. The molecule has 0 aliphatic carbocycles. The highest BCUT2D eigenvalue weighted by Crippen LogP contribution is 2.29. The molecule has 0 unspecified atom stereocenters. The van der Waals surface area contributed by atoms with Crippen molar-refractivity contribution in [1.29, 1.82) is 0 Å². The Kier molecular flexibility index (Phi) is 7.29. The number of benzene rings is 2. The largest absolute Gasteiger partial charge is 0.490 e. The van der Waals surface area contributed by atoms with Crippen molar-refractivity contribution in [1.82, 2.24) is 10.4 Å². The molecule has 30 heavy (non-hydrogen) atoms. The van der Waals surface area contributed by atoms with Gasteiger partial charge in [0, 0.05) is 22.4 Å². The maximum absolute atomic E-state index is 12.4. The van der Waals surface area contributed by atoms with Crippen molar-refractivity contribution < 1.29 is 19.1 Å². The molecule has 7 nitrogen and oxygen atoms in total. The van der Waals surface area contributed by atoms with Crippen molar-refractivity contribution in [3.63, 3.8) is 0 Å². The number of nitrogens with one attached hydrogen (secondary N) is 1. The Morgan fingerprint density at radius 3 is 2.47 bits per heavy atom. The van der Waals surface area contributed by atoms with Gasteiger partial charge in [0.15, 0.2) is 11.5 Å². The van der Waals surface area contributed by atoms with Gasteiger partial charge in [-0.05, 0) is 67.1 Å². The number of carbonyl (C=O) groups is 2. The van der Waals surface area contributed by atoms with Crippen LogP contribution in [0.1, 0.15) is 33.2 Å². The molecule has 0 radical (unpaired) electrons. The highest BCUT2D eigenvalue weighted by Gasteiger charge is 2.13. The lowest BCUT2D eigenvalue weighted by Crippen LogP contribution is -2.17. The Bertz CT molecular complexity index is 1050. The minimum Gasteiger partial charge on any atom is -0.490 e. The molecular formula is C22H18BrN3O4. The molecule has 3 rings (SSSR count). The molecule has 0 atom stereocenters. The van der Waals surface area contributed by atoms with Crippen LogP contribution in [-0.4, -0.2) is 29.7 Å². The summed E-state index contributed by atoms with van der Waals surface area (Å²) in [6.45, 7) is 2.22. The number of hydrogen-bond donors (Lipinski definition) is 1. The summed E-state index contributed by atoms with van der Waals surface area (Å²) in [6.07, 6.45) is 4.53. The fraction of sp³-hybridized carbons (Fsp3) is 0.0909. The second-order valence-corrected chi connectivity index (χ2v) is 6.89. The van der Waals surface area contributed by atoms with Gasteiger partial charge in [0.25, 0.3) is 5.91 Å². The Morgan fingerprint density at radius 1 is 1.03 bits per heavy atom. The third-order valence-corrected chi connectivity index (χ3v) is 4.40. The van der Waals surface area contributed by atoms with Crippen molar-refractivity contribution in [2.45, 2.75) is 6.92 Å². The molecule has 0 spiro atoms. The normalized spacial score (nSPS) is 10.6. The van der Waals surface area contributed by atoms with Gasteiger partial charge < -0.3 is 9.47 Å². The molecule has 1 N–H and O–H groups in total. The van der Waals surface area contributed by atoms with Crippen molar-refractivity contribution in [3.8, 4) is 11.5 Å². The van der Waals surface area contributed by atoms with Crippen LogP contribution in [0.3, 0.4) is 0 Å². The average Bonchev–Trinajstić information content (AvgIpc) is 2.76. The number of carbonyl (C=O) groups excluding carboxylic acids is 2. The molecule has 0 saturated heterocycles. The van der Waals surface area contributed by atoms with E-state index in [0.717, 1.165) is 4.47 Å². The molecule has 0 aliphatic heterocycles. The minimum absolute atomic E-state index is 0.294. The summed E-state index contributed by atoms with van der Waals surface area (Å²) >= 11 is 3.33. The van der Waals surface area contributed by atoms with E-state index in [4.69, 9.17) is 9.47 Å². The van der Waals surface area contributed by atoms with Crippen LogP contribution < -0.4 is 14.9 Å². The molecule has 3 aromatic rings. The molecule has 0 aliphatic rings. The molecule has 1 heterocycles. The average molecular weight is 468 g/mol. The fourth-order valence-electron chi connectivity index (χ4n) is 2.44. The predicted octanol–water partition coefficient (Wildman–Crippen LogP) is 4.23. The topological polar surface area (TPSA) is 89.9 Å². The molecule has 0 fully saturated rings. The first kappa shape index (κ1) is 21.2. The number of ether oxygens (including phenoxy) is 2. The van der Waals surface area contributed by atoms with Crippen LogP contribution in [-0.2, 0) is 0 Å². The highest BCUT2D eigenvalue weighted by atomic mass is 79.9. The lowest BCUT2D eigenvalue weighted by Gasteiger charge is -2.11. The summed E-state index contributed by atoms with van der Waals surface area (Å²) in [7, 11) is 0. The lowest BCUT2D eigenvalue weighted by atomic mass is 10.2. The Hall–Kier alpha value is -3.52. The summed E-state index contributed by atoms with van der Waals surface area (Å²) in [4.78, 5) is 28.2. The summed E-state index contributed by atoms with van der Waals surface area (Å²) < 4.78 is 11.9. The minimum atomic E-state index is -0.491. The van der Waals surface area contributed by atoms with Crippen LogP contribution in [0.4, 0.5) is 0 Å². The Balaban J connectivity index is 1.70.